The van der Waals surface area contributed by atoms with Gasteiger partial charge in [0.05, 0.1) is 17.8 Å². The molecule has 3 nitrogen and oxygen atoms in total. The molecule has 2 aromatic rings. The molecule has 0 aliphatic carbocycles. The van der Waals surface area contributed by atoms with Gasteiger partial charge in [0.1, 0.15) is 5.82 Å². The molecule has 1 aromatic carbocycles. The fourth-order valence-electron chi connectivity index (χ4n) is 1.69. The SMILES string of the molecule is CN(Cc1ccccn1)C(=O)c1cc(S)ccc1F. The van der Waals surface area contributed by atoms with Gasteiger partial charge in [-0.1, -0.05) is 6.07 Å². The zero-order valence-electron chi connectivity index (χ0n) is 10.4. The number of thiol groups is 1. The minimum atomic E-state index is -0.546. The number of hydrogen-bond donors (Lipinski definition) is 1. The van der Waals surface area contributed by atoms with Gasteiger partial charge in [0.25, 0.3) is 5.91 Å². The predicted molar refractivity (Wildman–Crippen MR) is 73.7 cm³/mol. The van der Waals surface area contributed by atoms with Crippen LogP contribution in [0.5, 0.6) is 0 Å². The highest BCUT2D eigenvalue weighted by Crippen LogP contribution is 2.16. The van der Waals surface area contributed by atoms with Gasteiger partial charge in [-0.3, -0.25) is 9.78 Å². The second kappa shape index (κ2) is 5.84. The summed E-state index contributed by atoms with van der Waals surface area (Å²) in [5.74, 6) is -0.935. The van der Waals surface area contributed by atoms with Crippen molar-refractivity contribution in [3.63, 3.8) is 0 Å². The third kappa shape index (κ3) is 3.32. The molecule has 2 rings (SSSR count). The Bertz CT molecular complexity index is 589. The van der Waals surface area contributed by atoms with E-state index in [9.17, 15) is 9.18 Å². The van der Waals surface area contributed by atoms with Crippen LogP contribution in [0.2, 0.25) is 0 Å². The topological polar surface area (TPSA) is 33.2 Å². The van der Waals surface area contributed by atoms with E-state index in [2.05, 4.69) is 17.6 Å². The molecule has 0 spiro atoms. The van der Waals surface area contributed by atoms with Gasteiger partial charge in [-0.15, -0.1) is 12.6 Å². The Morgan fingerprint density at radius 1 is 1.37 bits per heavy atom. The average Bonchev–Trinajstić information content (AvgIpc) is 2.42. The van der Waals surface area contributed by atoms with E-state index in [1.165, 1.54) is 23.1 Å². The Balaban J connectivity index is 2.17. The summed E-state index contributed by atoms with van der Waals surface area (Å²) >= 11 is 4.11. The first-order valence-electron chi connectivity index (χ1n) is 5.72. The number of carbonyl (C=O) groups is 1. The molecular formula is C14H13FN2OS. The highest BCUT2D eigenvalue weighted by atomic mass is 32.1. The van der Waals surface area contributed by atoms with Crippen LogP contribution in [0.15, 0.2) is 47.5 Å². The second-order valence-electron chi connectivity index (χ2n) is 4.15. The van der Waals surface area contributed by atoms with Crippen molar-refractivity contribution in [2.75, 3.05) is 7.05 Å². The summed E-state index contributed by atoms with van der Waals surface area (Å²) in [7, 11) is 1.61. The highest BCUT2D eigenvalue weighted by molar-refractivity contribution is 7.80. The molecule has 1 amide bonds. The van der Waals surface area contributed by atoms with Crippen molar-refractivity contribution in [1.29, 1.82) is 0 Å². The number of pyridine rings is 1. The van der Waals surface area contributed by atoms with Crippen LogP contribution in [0, 0.1) is 5.82 Å². The molecule has 0 saturated heterocycles. The van der Waals surface area contributed by atoms with Crippen molar-refractivity contribution in [3.05, 3.63) is 59.7 Å². The first kappa shape index (κ1) is 13.5. The summed E-state index contributed by atoms with van der Waals surface area (Å²) in [6, 6.07) is 9.63. The highest BCUT2D eigenvalue weighted by Gasteiger charge is 2.16. The monoisotopic (exact) mass is 276 g/mol. The fraction of sp³-hybridized carbons (Fsp3) is 0.143. The first-order chi connectivity index (χ1) is 9.08. The third-order valence-corrected chi connectivity index (χ3v) is 2.93. The van der Waals surface area contributed by atoms with Crippen molar-refractivity contribution in [2.45, 2.75) is 11.4 Å². The Hall–Kier alpha value is -1.88. The van der Waals surface area contributed by atoms with Crippen molar-refractivity contribution in [3.8, 4) is 0 Å². The van der Waals surface area contributed by atoms with Crippen LogP contribution in [0.25, 0.3) is 0 Å². The zero-order chi connectivity index (χ0) is 13.8. The molecule has 0 atom stereocenters. The fourth-order valence-corrected chi connectivity index (χ4v) is 1.89. The second-order valence-corrected chi connectivity index (χ2v) is 4.66. The molecule has 0 aliphatic rings. The zero-order valence-corrected chi connectivity index (χ0v) is 11.3. The number of carbonyl (C=O) groups excluding carboxylic acids is 1. The van der Waals surface area contributed by atoms with Gasteiger partial charge >= 0.3 is 0 Å². The quantitative estimate of drug-likeness (QED) is 0.874. The van der Waals surface area contributed by atoms with E-state index in [1.54, 1.807) is 19.3 Å². The molecule has 1 aromatic heterocycles. The van der Waals surface area contributed by atoms with E-state index in [4.69, 9.17) is 0 Å². The van der Waals surface area contributed by atoms with Gasteiger partial charge in [-0.25, -0.2) is 4.39 Å². The van der Waals surface area contributed by atoms with Crippen molar-refractivity contribution in [2.24, 2.45) is 0 Å². The summed E-state index contributed by atoms with van der Waals surface area (Å²) < 4.78 is 13.6. The van der Waals surface area contributed by atoms with E-state index >= 15 is 0 Å². The largest absolute Gasteiger partial charge is 0.336 e. The maximum absolute atomic E-state index is 13.6. The van der Waals surface area contributed by atoms with E-state index in [0.717, 1.165) is 5.69 Å². The van der Waals surface area contributed by atoms with Crippen LogP contribution >= 0.6 is 12.6 Å². The Morgan fingerprint density at radius 3 is 2.84 bits per heavy atom. The van der Waals surface area contributed by atoms with Crippen LogP contribution in [0.4, 0.5) is 4.39 Å². The minimum Gasteiger partial charge on any atom is -0.336 e. The number of amides is 1. The van der Waals surface area contributed by atoms with Crippen LogP contribution in [0.1, 0.15) is 16.1 Å². The lowest BCUT2D eigenvalue weighted by atomic mass is 10.2. The van der Waals surface area contributed by atoms with Crippen molar-refractivity contribution >= 4 is 18.5 Å². The maximum atomic E-state index is 13.6. The summed E-state index contributed by atoms with van der Waals surface area (Å²) in [6.45, 7) is 0.329. The van der Waals surface area contributed by atoms with Crippen LogP contribution in [-0.4, -0.2) is 22.8 Å². The van der Waals surface area contributed by atoms with Crippen LogP contribution in [-0.2, 0) is 6.54 Å². The molecule has 0 N–H and O–H groups in total. The lowest BCUT2D eigenvalue weighted by Gasteiger charge is -2.17. The number of nitrogens with zero attached hydrogens (tertiary/aromatic N) is 2. The number of hydrogen-bond acceptors (Lipinski definition) is 3. The first-order valence-corrected chi connectivity index (χ1v) is 6.16. The molecule has 0 bridgehead atoms. The molecule has 0 radical (unpaired) electrons. The van der Waals surface area contributed by atoms with Gasteiger partial charge in [0.2, 0.25) is 0 Å². The van der Waals surface area contributed by atoms with E-state index < -0.39 is 5.82 Å². The number of benzene rings is 1. The lowest BCUT2D eigenvalue weighted by Crippen LogP contribution is -2.27. The predicted octanol–water partition coefficient (Wildman–Crippen LogP) is 2.78. The number of aromatic nitrogens is 1. The van der Waals surface area contributed by atoms with Gasteiger partial charge in [0, 0.05) is 18.1 Å². The van der Waals surface area contributed by atoms with Gasteiger partial charge < -0.3 is 4.90 Å². The Morgan fingerprint density at radius 2 is 2.16 bits per heavy atom. The van der Waals surface area contributed by atoms with Crippen molar-refractivity contribution < 1.29 is 9.18 Å². The van der Waals surface area contributed by atoms with Gasteiger partial charge in [-0.2, -0.15) is 0 Å². The molecular weight excluding hydrogens is 263 g/mol. The van der Waals surface area contributed by atoms with Crippen LogP contribution < -0.4 is 0 Å². The summed E-state index contributed by atoms with van der Waals surface area (Å²) in [4.78, 5) is 18.3. The molecule has 19 heavy (non-hydrogen) atoms. The van der Waals surface area contributed by atoms with Gasteiger partial charge in [0.15, 0.2) is 0 Å². The Labute approximate surface area is 116 Å². The molecule has 98 valence electrons. The van der Waals surface area contributed by atoms with E-state index in [1.807, 2.05) is 12.1 Å². The smallest absolute Gasteiger partial charge is 0.256 e. The molecule has 0 saturated carbocycles. The molecule has 0 fully saturated rings. The van der Waals surface area contributed by atoms with Gasteiger partial charge in [-0.05, 0) is 30.3 Å². The summed E-state index contributed by atoms with van der Waals surface area (Å²) in [5, 5.41) is 0. The van der Waals surface area contributed by atoms with Crippen LogP contribution in [0.3, 0.4) is 0 Å². The van der Waals surface area contributed by atoms with Crippen molar-refractivity contribution in [1.82, 2.24) is 9.88 Å². The normalized spacial score (nSPS) is 10.3. The lowest BCUT2D eigenvalue weighted by molar-refractivity contribution is 0.0778. The number of halogens is 1. The van der Waals surface area contributed by atoms with E-state index in [-0.39, 0.29) is 11.5 Å². The summed E-state index contributed by atoms with van der Waals surface area (Å²) in [5.41, 5.74) is 0.770. The number of rotatable bonds is 3. The average molecular weight is 276 g/mol. The van der Waals surface area contributed by atoms with E-state index in [0.29, 0.717) is 11.4 Å². The minimum absolute atomic E-state index is 0.0194. The summed E-state index contributed by atoms with van der Waals surface area (Å²) in [6.07, 6.45) is 1.66. The Kier molecular flexibility index (Phi) is 4.16. The third-order valence-electron chi connectivity index (χ3n) is 2.65. The molecule has 5 heteroatoms. The molecule has 0 aliphatic heterocycles. The molecule has 1 heterocycles. The maximum Gasteiger partial charge on any atom is 0.256 e. The molecule has 0 unspecified atom stereocenters. The standard InChI is InChI=1S/C14H13FN2OS/c1-17(9-10-4-2-3-7-16-10)14(18)12-8-11(19)5-6-13(12)15/h2-8,19H,9H2,1H3.